The van der Waals surface area contributed by atoms with Gasteiger partial charge in [-0.1, -0.05) is 29.8 Å². The minimum absolute atomic E-state index is 0.0564. The fourth-order valence-electron chi connectivity index (χ4n) is 2.20. The molecular weight excluding hydrogens is 288 g/mol. The third-order valence-corrected chi connectivity index (χ3v) is 3.49. The summed E-state index contributed by atoms with van der Waals surface area (Å²) in [5, 5.41) is 11.6. The number of nitrogens with one attached hydrogen (secondary N) is 1. The highest BCUT2D eigenvalue weighted by Crippen LogP contribution is 2.18. The van der Waals surface area contributed by atoms with Crippen LogP contribution in [0.2, 0.25) is 0 Å². The maximum absolute atomic E-state index is 11.8. The minimum atomic E-state index is -0.0564. The Kier molecular flexibility index (Phi) is 5.76. The Labute approximate surface area is 136 Å². The predicted molar refractivity (Wildman–Crippen MR) is 89.0 cm³/mol. The predicted octanol–water partition coefficient (Wildman–Crippen LogP) is 3.26. The van der Waals surface area contributed by atoms with Crippen molar-refractivity contribution in [2.24, 2.45) is 0 Å². The first-order valence-corrected chi connectivity index (χ1v) is 7.54. The van der Waals surface area contributed by atoms with Gasteiger partial charge in [0.15, 0.2) is 0 Å². The second-order valence-corrected chi connectivity index (χ2v) is 5.45. The molecule has 1 N–H and O–H groups in total. The molecule has 0 atom stereocenters. The van der Waals surface area contributed by atoms with Crippen LogP contribution < -0.4 is 10.1 Å². The molecule has 0 saturated heterocycles. The third kappa shape index (κ3) is 5.15. The quantitative estimate of drug-likeness (QED) is 0.891. The Balaban J connectivity index is 1.73. The van der Waals surface area contributed by atoms with Gasteiger partial charge >= 0.3 is 0 Å². The van der Waals surface area contributed by atoms with E-state index >= 15 is 0 Å². The summed E-state index contributed by atoms with van der Waals surface area (Å²) in [6.45, 7) is 4.83. The fourth-order valence-corrected chi connectivity index (χ4v) is 2.20. The molecule has 0 aliphatic heterocycles. The molecule has 0 spiro atoms. The monoisotopic (exact) mass is 308 g/mol. The molecular formula is C19H20N2O2. The molecule has 0 radical (unpaired) electrons. The summed E-state index contributed by atoms with van der Waals surface area (Å²) in [4.78, 5) is 11.8. The maximum atomic E-state index is 11.8. The van der Waals surface area contributed by atoms with Gasteiger partial charge in [-0.05, 0) is 43.2 Å². The second-order valence-electron chi connectivity index (χ2n) is 5.45. The van der Waals surface area contributed by atoms with E-state index < -0.39 is 0 Å². The molecule has 23 heavy (non-hydrogen) atoms. The van der Waals surface area contributed by atoms with Crippen molar-refractivity contribution in [1.82, 2.24) is 5.32 Å². The molecule has 0 aromatic heterocycles. The summed E-state index contributed by atoms with van der Waals surface area (Å²) in [6, 6.07) is 15.2. The van der Waals surface area contributed by atoms with Crippen molar-refractivity contribution >= 4 is 5.91 Å². The van der Waals surface area contributed by atoms with Crippen molar-refractivity contribution in [2.45, 2.75) is 26.8 Å². The largest absolute Gasteiger partial charge is 0.493 e. The SMILES string of the molecule is Cc1ccc(OCCC(=O)NCc2ccc(C#N)cc2)c(C)c1. The number of carbonyl (C=O) groups excluding carboxylic acids is 1. The van der Waals surface area contributed by atoms with Gasteiger partial charge in [-0.2, -0.15) is 5.26 Å². The van der Waals surface area contributed by atoms with E-state index in [0.29, 0.717) is 25.1 Å². The molecule has 4 heteroatoms. The van der Waals surface area contributed by atoms with Crippen LogP contribution >= 0.6 is 0 Å². The molecule has 0 unspecified atom stereocenters. The molecule has 2 rings (SSSR count). The van der Waals surface area contributed by atoms with Crippen molar-refractivity contribution in [3.05, 3.63) is 64.7 Å². The summed E-state index contributed by atoms with van der Waals surface area (Å²) in [6.07, 6.45) is 0.309. The van der Waals surface area contributed by atoms with Crippen molar-refractivity contribution in [3.8, 4) is 11.8 Å². The van der Waals surface area contributed by atoms with E-state index in [1.807, 2.05) is 38.1 Å². The Hall–Kier alpha value is -2.80. The molecule has 0 saturated carbocycles. The van der Waals surface area contributed by atoms with Crippen LogP contribution in [-0.4, -0.2) is 12.5 Å². The molecule has 4 nitrogen and oxygen atoms in total. The van der Waals surface area contributed by atoms with Crippen LogP contribution in [0, 0.1) is 25.2 Å². The maximum Gasteiger partial charge on any atom is 0.223 e. The third-order valence-electron chi connectivity index (χ3n) is 3.49. The molecule has 0 fully saturated rings. The van der Waals surface area contributed by atoms with Gasteiger partial charge in [-0.15, -0.1) is 0 Å². The van der Waals surface area contributed by atoms with Gasteiger partial charge in [0.1, 0.15) is 5.75 Å². The first kappa shape index (κ1) is 16.6. The molecule has 0 heterocycles. The van der Waals surface area contributed by atoms with Crippen molar-refractivity contribution in [1.29, 1.82) is 5.26 Å². The first-order valence-electron chi connectivity index (χ1n) is 7.54. The zero-order chi connectivity index (χ0) is 16.7. The normalized spacial score (nSPS) is 9.96. The van der Waals surface area contributed by atoms with E-state index in [1.165, 1.54) is 5.56 Å². The number of carbonyl (C=O) groups is 1. The lowest BCUT2D eigenvalue weighted by atomic mass is 10.1. The topological polar surface area (TPSA) is 62.1 Å². The number of rotatable bonds is 6. The van der Waals surface area contributed by atoms with Crippen molar-refractivity contribution < 1.29 is 9.53 Å². The Bertz CT molecular complexity index is 715. The lowest BCUT2D eigenvalue weighted by Crippen LogP contribution is -2.24. The number of ether oxygens (including phenoxy) is 1. The summed E-state index contributed by atoms with van der Waals surface area (Å²) >= 11 is 0. The number of benzene rings is 2. The van der Waals surface area contributed by atoms with Crippen molar-refractivity contribution in [3.63, 3.8) is 0 Å². The van der Waals surface area contributed by atoms with E-state index in [2.05, 4.69) is 17.5 Å². The first-order chi connectivity index (χ1) is 11.1. The highest BCUT2D eigenvalue weighted by atomic mass is 16.5. The van der Waals surface area contributed by atoms with Gasteiger partial charge in [-0.25, -0.2) is 0 Å². The van der Waals surface area contributed by atoms with Crippen LogP contribution in [0.5, 0.6) is 5.75 Å². The Morgan fingerprint density at radius 3 is 2.57 bits per heavy atom. The Morgan fingerprint density at radius 2 is 1.91 bits per heavy atom. The van der Waals surface area contributed by atoms with E-state index in [4.69, 9.17) is 10.00 Å². The highest BCUT2D eigenvalue weighted by Gasteiger charge is 2.04. The number of aryl methyl sites for hydroxylation is 2. The van der Waals surface area contributed by atoms with Gasteiger partial charge in [-0.3, -0.25) is 4.79 Å². The van der Waals surface area contributed by atoms with E-state index in [9.17, 15) is 4.79 Å². The van der Waals surface area contributed by atoms with Crippen LogP contribution in [-0.2, 0) is 11.3 Å². The van der Waals surface area contributed by atoms with Gasteiger partial charge in [0.05, 0.1) is 24.7 Å². The lowest BCUT2D eigenvalue weighted by Gasteiger charge is -2.10. The summed E-state index contributed by atoms with van der Waals surface area (Å²) in [5.74, 6) is 0.759. The van der Waals surface area contributed by atoms with Crippen LogP contribution in [0.25, 0.3) is 0 Å². The van der Waals surface area contributed by atoms with Gasteiger partial charge in [0.25, 0.3) is 0 Å². The number of hydrogen-bond donors (Lipinski definition) is 1. The van der Waals surface area contributed by atoms with Gasteiger partial charge in [0, 0.05) is 6.54 Å². The number of nitriles is 1. The molecule has 1 amide bonds. The summed E-state index contributed by atoms with van der Waals surface area (Å²) in [7, 11) is 0. The second kappa shape index (κ2) is 8.00. The number of nitrogens with zero attached hydrogens (tertiary/aromatic N) is 1. The van der Waals surface area contributed by atoms with E-state index in [0.717, 1.165) is 16.9 Å². The highest BCUT2D eigenvalue weighted by molar-refractivity contribution is 5.76. The molecule has 2 aromatic carbocycles. The van der Waals surface area contributed by atoms with Crippen LogP contribution in [0.4, 0.5) is 0 Å². The minimum Gasteiger partial charge on any atom is -0.493 e. The van der Waals surface area contributed by atoms with Crippen LogP contribution in [0.15, 0.2) is 42.5 Å². The molecule has 0 aliphatic carbocycles. The zero-order valence-corrected chi connectivity index (χ0v) is 13.4. The zero-order valence-electron chi connectivity index (χ0n) is 13.4. The fraction of sp³-hybridized carbons (Fsp3) is 0.263. The number of amides is 1. The molecule has 2 aromatic rings. The van der Waals surface area contributed by atoms with E-state index in [1.54, 1.807) is 12.1 Å². The van der Waals surface area contributed by atoms with Gasteiger partial charge < -0.3 is 10.1 Å². The average Bonchev–Trinajstić information content (AvgIpc) is 2.55. The lowest BCUT2D eigenvalue weighted by molar-refractivity contribution is -0.121. The smallest absolute Gasteiger partial charge is 0.223 e. The molecule has 118 valence electrons. The molecule has 0 aliphatic rings. The van der Waals surface area contributed by atoms with Crippen molar-refractivity contribution in [2.75, 3.05) is 6.61 Å². The number of hydrogen-bond acceptors (Lipinski definition) is 3. The summed E-state index contributed by atoms with van der Waals surface area (Å²) in [5.41, 5.74) is 3.84. The Morgan fingerprint density at radius 1 is 1.17 bits per heavy atom. The molecule has 0 bridgehead atoms. The van der Waals surface area contributed by atoms with E-state index in [-0.39, 0.29) is 5.91 Å². The van der Waals surface area contributed by atoms with Crippen LogP contribution in [0.3, 0.4) is 0 Å². The van der Waals surface area contributed by atoms with Crippen LogP contribution in [0.1, 0.15) is 28.7 Å². The summed E-state index contributed by atoms with van der Waals surface area (Å²) < 4.78 is 5.65. The average molecular weight is 308 g/mol. The van der Waals surface area contributed by atoms with Gasteiger partial charge in [0.2, 0.25) is 5.91 Å². The standard InChI is InChI=1S/C19H20N2O2/c1-14-3-8-18(15(2)11-14)23-10-9-19(22)21-13-17-6-4-16(12-20)5-7-17/h3-8,11H,9-10,13H2,1-2H3,(H,21,22).